The molecule has 0 aromatic carbocycles. The van der Waals surface area contributed by atoms with E-state index in [1.54, 1.807) is 0 Å². The lowest BCUT2D eigenvalue weighted by molar-refractivity contribution is -0.126. The fourth-order valence-electron chi connectivity index (χ4n) is 8.14. The molecular formula is C23H33NO3. The molecule has 5 rings (SSSR count). The molecule has 4 unspecified atom stereocenters. The van der Waals surface area contributed by atoms with E-state index >= 15 is 0 Å². The van der Waals surface area contributed by atoms with Gasteiger partial charge in [-0.15, -0.1) is 0 Å². The highest BCUT2D eigenvalue weighted by Crippen LogP contribution is 2.68. The first-order valence-corrected chi connectivity index (χ1v) is 11.0. The zero-order chi connectivity index (χ0) is 18.6. The van der Waals surface area contributed by atoms with Crippen LogP contribution in [-0.4, -0.2) is 34.8 Å². The van der Waals surface area contributed by atoms with Gasteiger partial charge in [-0.3, -0.25) is 0 Å². The average Bonchev–Trinajstić information content (AvgIpc) is 3.33. The molecule has 4 aliphatic carbocycles. The van der Waals surface area contributed by atoms with Crippen LogP contribution in [0.4, 0.5) is 0 Å². The Morgan fingerprint density at radius 3 is 2.81 bits per heavy atom. The molecule has 3 fully saturated rings. The number of aliphatic hydroxyl groups is 1. The van der Waals surface area contributed by atoms with Gasteiger partial charge in [0.2, 0.25) is 0 Å². The Kier molecular flexibility index (Phi) is 4.28. The first-order valence-electron chi connectivity index (χ1n) is 11.0. The van der Waals surface area contributed by atoms with Crippen molar-refractivity contribution in [2.24, 2.45) is 40.2 Å². The third-order valence-electron chi connectivity index (χ3n) is 9.19. The van der Waals surface area contributed by atoms with Crippen molar-refractivity contribution in [2.75, 3.05) is 13.2 Å². The number of rotatable bonds is 2. The summed E-state index contributed by atoms with van der Waals surface area (Å²) < 4.78 is 6.42. The quantitative estimate of drug-likeness (QED) is 0.432. The van der Waals surface area contributed by atoms with Crippen LogP contribution in [0, 0.1) is 35.0 Å². The van der Waals surface area contributed by atoms with Gasteiger partial charge in [0.05, 0.1) is 17.9 Å². The number of hydrogen-bond donors (Lipinski definition) is 2. The molecule has 2 N–H and O–H groups in total. The summed E-state index contributed by atoms with van der Waals surface area (Å²) in [6.07, 6.45) is 16.0. The Morgan fingerprint density at radius 1 is 1.22 bits per heavy atom. The zero-order valence-corrected chi connectivity index (χ0v) is 16.4. The van der Waals surface area contributed by atoms with E-state index in [9.17, 15) is 10.3 Å². The molecule has 0 aromatic rings. The van der Waals surface area contributed by atoms with Crippen molar-refractivity contribution in [2.45, 2.75) is 63.9 Å². The lowest BCUT2D eigenvalue weighted by Crippen LogP contribution is -2.54. The maximum absolute atomic E-state index is 10.2. The molecule has 0 aromatic heterocycles. The molecule has 148 valence electrons. The van der Waals surface area contributed by atoms with E-state index in [0.29, 0.717) is 17.8 Å². The van der Waals surface area contributed by atoms with E-state index in [-0.39, 0.29) is 23.5 Å². The monoisotopic (exact) mass is 371 g/mol. The molecule has 3 saturated carbocycles. The molecule has 0 radical (unpaired) electrons. The van der Waals surface area contributed by atoms with Gasteiger partial charge in [0, 0.05) is 17.9 Å². The minimum absolute atomic E-state index is 0.0223. The summed E-state index contributed by atoms with van der Waals surface area (Å²) in [6, 6.07) is 0. The number of nitrogens with zero attached hydrogens (tertiary/aromatic N) is 1. The third-order valence-corrected chi connectivity index (χ3v) is 9.19. The average molecular weight is 372 g/mol. The second kappa shape index (κ2) is 6.45. The second-order valence-electron chi connectivity index (χ2n) is 9.62. The molecule has 1 heterocycles. The van der Waals surface area contributed by atoms with E-state index < -0.39 is 0 Å². The van der Waals surface area contributed by atoms with Crippen molar-refractivity contribution in [1.82, 2.24) is 0 Å². The zero-order valence-electron chi connectivity index (χ0n) is 16.4. The Bertz CT molecular complexity index is 698. The van der Waals surface area contributed by atoms with Crippen LogP contribution < -0.4 is 0 Å². The lowest BCUT2D eigenvalue weighted by Gasteiger charge is -2.58. The number of fused-ring (bicyclic) bond motifs is 6. The van der Waals surface area contributed by atoms with Crippen LogP contribution in [0.3, 0.4) is 0 Å². The molecule has 0 bridgehead atoms. The molecular weight excluding hydrogens is 338 g/mol. The van der Waals surface area contributed by atoms with Crippen LogP contribution in [-0.2, 0) is 4.74 Å². The van der Waals surface area contributed by atoms with Gasteiger partial charge in [0.1, 0.15) is 0 Å². The molecule has 5 aliphatic rings. The van der Waals surface area contributed by atoms with Gasteiger partial charge in [-0.25, -0.2) is 0 Å². The predicted octanol–water partition coefficient (Wildman–Crippen LogP) is 4.32. The smallest absolute Gasteiger partial charge is 0.0926 e. The molecule has 1 spiro atoms. The Hall–Kier alpha value is -1.13. The van der Waals surface area contributed by atoms with Crippen LogP contribution in [0.1, 0.15) is 58.3 Å². The van der Waals surface area contributed by atoms with E-state index in [2.05, 4.69) is 30.3 Å². The summed E-state index contributed by atoms with van der Waals surface area (Å²) in [4.78, 5) is 0. The number of aliphatic hydroxyl groups excluding tert-OH is 1. The molecule has 1 aliphatic heterocycles. The van der Waals surface area contributed by atoms with Crippen molar-refractivity contribution >= 4 is 5.71 Å². The summed E-state index contributed by atoms with van der Waals surface area (Å²) in [5, 5.41) is 22.9. The summed E-state index contributed by atoms with van der Waals surface area (Å²) in [5.41, 5.74) is 2.42. The highest BCUT2D eigenvalue weighted by molar-refractivity contribution is 5.96. The molecule has 27 heavy (non-hydrogen) atoms. The van der Waals surface area contributed by atoms with Gasteiger partial charge >= 0.3 is 0 Å². The van der Waals surface area contributed by atoms with Crippen LogP contribution in [0.25, 0.3) is 0 Å². The minimum Gasteiger partial charge on any atom is -0.411 e. The predicted molar refractivity (Wildman–Crippen MR) is 105 cm³/mol. The SMILES string of the molecule is CC[C@]12CCC3C(CC(CO)C4=CC(=NO)CC[C@@H]43)C1CC[C@@]21C=CCO1. The maximum Gasteiger partial charge on any atom is 0.0926 e. The summed E-state index contributed by atoms with van der Waals surface area (Å²) in [6.45, 7) is 3.37. The van der Waals surface area contributed by atoms with Crippen molar-refractivity contribution in [1.29, 1.82) is 0 Å². The Morgan fingerprint density at radius 2 is 2.11 bits per heavy atom. The number of hydrogen-bond acceptors (Lipinski definition) is 4. The Balaban J connectivity index is 1.51. The molecule has 4 nitrogen and oxygen atoms in total. The van der Waals surface area contributed by atoms with Gasteiger partial charge in [-0.2, -0.15) is 0 Å². The minimum atomic E-state index is -0.0223. The topological polar surface area (TPSA) is 62.1 Å². The maximum atomic E-state index is 10.2. The van der Waals surface area contributed by atoms with Gasteiger partial charge in [-0.05, 0) is 81.1 Å². The van der Waals surface area contributed by atoms with E-state index in [1.165, 1.54) is 37.7 Å². The molecule has 4 heteroatoms. The van der Waals surface area contributed by atoms with Crippen molar-refractivity contribution in [3.8, 4) is 0 Å². The summed E-state index contributed by atoms with van der Waals surface area (Å²) >= 11 is 0. The molecule has 0 saturated heterocycles. The van der Waals surface area contributed by atoms with Crippen molar-refractivity contribution < 1.29 is 15.1 Å². The highest BCUT2D eigenvalue weighted by atomic mass is 16.5. The van der Waals surface area contributed by atoms with Crippen molar-refractivity contribution in [3.05, 3.63) is 23.8 Å². The number of allylic oxidation sites excluding steroid dienone is 1. The van der Waals surface area contributed by atoms with Gasteiger partial charge < -0.3 is 15.1 Å². The third kappa shape index (κ3) is 2.32. The summed E-state index contributed by atoms with van der Waals surface area (Å²) in [5.74, 6) is 2.94. The van der Waals surface area contributed by atoms with Gasteiger partial charge in [0.25, 0.3) is 0 Å². The van der Waals surface area contributed by atoms with Crippen LogP contribution in [0.15, 0.2) is 29.0 Å². The largest absolute Gasteiger partial charge is 0.411 e. The van der Waals surface area contributed by atoms with E-state index in [4.69, 9.17) is 4.74 Å². The van der Waals surface area contributed by atoms with Crippen LogP contribution >= 0.6 is 0 Å². The normalized spacial score (nSPS) is 49.8. The van der Waals surface area contributed by atoms with Gasteiger partial charge in [-0.1, -0.05) is 29.8 Å². The second-order valence-corrected chi connectivity index (χ2v) is 9.62. The highest BCUT2D eigenvalue weighted by Gasteiger charge is 2.65. The van der Waals surface area contributed by atoms with Crippen LogP contribution in [0.5, 0.6) is 0 Å². The molecule has 0 amide bonds. The van der Waals surface area contributed by atoms with Crippen molar-refractivity contribution in [3.63, 3.8) is 0 Å². The number of ether oxygens (including phenoxy) is 1. The van der Waals surface area contributed by atoms with E-state index in [0.717, 1.165) is 37.5 Å². The van der Waals surface area contributed by atoms with E-state index in [1.807, 2.05) is 0 Å². The number of oxime groups is 1. The first-order chi connectivity index (χ1) is 13.2. The first kappa shape index (κ1) is 17.9. The Labute approximate surface area is 162 Å². The fraction of sp³-hybridized carbons (Fsp3) is 0.783. The fourth-order valence-corrected chi connectivity index (χ4v) is 8.14. The van der Waals surface area contributed by atoms with Gasteiger partial charge in [0.15, 0.2) is 0 Å². The molecule has 7 atom stereocenters. The van der Waals surface area contributed by atoms with Crippen LogP contribution in [0.2, 0.25) is 0 Å². The standard InChI is InChI=1S/C23H33NO3/c1-2-22-9-6-18-17-5-4-16(24-26)13-19(17)15(14-25)12-20(18)21(22)7-10-23(22)8-3-11-27-23/h3,8,13,15,17-18,20-21,25-26H,2,4-7,9-12,14H2,1H3/t15?,17-,18?,20?,21?,22+,23+/m1/s1. The lowest BCUT2D eigenvalue weighted by atomic mass is 9.48. The summed E-state index contributed by atoms with van der Waals surface area (Å²) in [7, 11) is 0.